The van der Waals surface area contributed by atoms with Gasteiger partial charge in [-0.2, -0.15) is 16.9 Å². The van der Waals surface area contributed by atoms with E-state index in [-0.39, 0.29) is 6.17 Å². The van der Waals surface area contributed by atoms with Gasteiger partial charge in [-0.15, -0.1) is 0 Å². The zero-order valence-electron chi connectivity index (χ0n) is 9.43. The van der Waals surface area contributed by atoms with Gasteiger partial charge in [-0.05, 0) is 37.2 Å². The standard InChI is InChI=1S/C11H18N4S/c12-9-2-1-3-10-13-11(14-15(9)10)8-4-6-16-7-5-8/h8-9H,1-7,12H2. The molecule has 0 bridgehead atoms. The molecule has 2 aliphatic heterocycles. The minimum atomic E-state index is 0.0583. The summed E-state index contributed by atoms with van der Waals surface area (Å²) in [6.07, 6.45) is 5.74. The second kappa shape index (κ2) is 4.37. The summed E-state index contributed by atoms with van der Waals surface area (Å²) in [6, 6.07) is 0. The van der Waals surface area contributed by atoms with E-state index in [1.165, 1.54) is 24.3 Å². The molecule has 0 amide bonds. The lowest BCUT2D eigenvalue weighted by molar-refractivity contribution is 0.370. The van der Waals surface area contributed by atoms with Crippen molar-refractivity contribution in [3.8, 4) is 0 Å². The van der Waals surface area contributed by atoms with Crippen LogP contribution in [-0.2, 0) is 6.42 Å². The second-order valence-corrected chi connectivity index (χ2v) is 5.90. The average Bonchev–Trinajstić information content (AvgIpc) is 2.76. The summed E-state index contributed by atoms with van der Waals surface area (Å²) in [6.45, 7) is 0. The highest BCUT2D eigenvalue weighted by atomic mass is 32.2. The molecule has 0 aromatic carbocycles. The maximum absolute atomic E-state index is 6.05. The zero-order chi connectivity index (χ0) is 11.0. The molecule has 1 aromatic rings. The van der Waals surface area contributed by atoms with E-state index in [9.17, 15) is 0 Å². The van der Waals surface area contributed by atoms with Gasteiger partial charge >= 0.3 is 0 Å². The molecule has 2 N–H and O–H groups in total. The molecule has 1 fully saturated rings. The molecule has 1 unspecified atom stereocenters. The molecule has 16 heavy (non-hydrogen) atoms. The van der Waals surface area contributed by atoms with Crippen molar-refractivity contribution in [1.29, 1.82) is 0 Å². The smallest absolute Gasteiger partial charge is 0.154 e. The van der Waals surface area contributed by atoms with Crippen LogP contribution < -0.4 is 5.73 Å². The monoisotopic (exact) mass is 238 g/mol. The molecule has 3 heterocycles. The first-order chi connectivity index (χ1) is 7.84. The van der Waals surface area contributed by atoms with Crippen LogP contribution in [0.2, 0.25) is 0 Å². The largest absolute Gasteiger partial charge is 0.310 e. The van der Waals surface area contributed by atoms with Crippen LogP contribution in [0.5, 0.6) is 0 Å². The maximum Gasteiger partial charge on any atom is 0.154 e. The number of aryl methyl sites for hydroxylation is 1. The van der Waals surface area contributed by atoms with Crippen molar-refractivity contribution < 1.29 is 0 Å². The van der Waals surface area contributed by atoms with E-state index in [1.807, 2.05) is 16.4 Å². The zero-order valence-corrected chi connectivity index (χ0v) is 10.2. The summed E-state index contributed by atoms with van der Waals surface area (Å²) < 4.78 is 1.96. The van der Waals surface area contributed by atoms with Gasteiger partial charge < -0.3 is 5.73 Å². The summed E-state index contributed by atoms with van der Waals surface area (Å²) in [5.41, 5.74) is 6.05. The van der Waals surface area contributed by atoms with Crippen LogP contribution in [0.15, 0.2) is 0 Å². The lowest BCUT2D eigenvalue weighted by Crippen LogP contribution is -2.26. The Balaban J connectivity index is 1.85. The van der Waals surface area contributed by atoms with Crippen LogP contribution in [0.4, 0.5) is 0 Å². The molecule has 88 valence electrons. The second-order valence-electron chi connectivity index (χ2n) is 4.68. The van der Waals surface area contributed by atoms with Crippen molar-refractivity contribution in [2.24, 2.45) is 5.73 Å². The van der Waals surface area contributed by atoms with Crippen LogP contribution in [-0.4, -0.2) is 26.3 Å². The first-order valence-corrected chi connectivity index (χ1v) is 7.28. The highest BCUT2D eigenvalue weighted by Crippen LogP contribution is 2.31. The molecular formula is C11H18N4S. The van der Waals surface area contributed by atoms with Crippen molar-refractivity contribution in [1.82, 2.24) is 14.8 Å². The molecule has 3 rings (SSSR count). The van der Waals surface area contributed by atoms with E-state index < -0.39 is 0 Å². The van der Waals surface area contributed by atoms with Gasteiger partial charge in [0.25, 0.3) is 0 Å². The van der Waals surface area contributed by atoms with Gasteiger partial charge in [0.05, 0.1) is 0 Å². The van der Waals surface area contributed by atoms with Crippen molar-refractivity contribution in [2.45, 2.75) is 44.2 Å². The van der Waals surface area contributed by atoms with E-state index >= 15 is 0 Å². The Morgan fingerprint density at radius 1 is 1.25 bits per heavy atom. The quantitative estimate of drug-likeness (QED) is 0.809. The predicted octanol–water partition coefficient (Wildman–Crippen LogP) is 1.68. The third kappa shape index (κ3) is 1.86. The van der Waals surface area contributed by atoms with Gasteiger partial charge in [0, 0.05) is 12.3 Å². The number of nitrogens with zero attached hydrogens (tertiary/aromatic N) is 3. The van der Waals surface area contributed by atoms with Gasteiger partial charge in [-0.25, -0.2) is 9.67 Å². The van der Waals surface area contributed by atoms with Gasteiger partial charge in [0.1, 0.15) is 12.0 Å². The molecule has 0 aliphatic carbocycles. The van der Waals surface area contributed by atoms with Gasteiger partial charge in [-0.3, -0.25) is 0 Å². The molecule has 1 saturated heterocycles. The lowest BCUT2D eigenvalue weighted by Gasteiger charge is -2.19. The number of thioether (sulfide) groups is 1. The van der Waals surface area contributed by atoms with Crippen LogP contribution in [0.1, 0.15) is 49.4 Å². The Hall–Kier alpha value is -0.550. The number of hydrogen-bond acceptors (Lipinski definition) is 4. The Labute approximate surface area is 100.0 Å². The highest BCUT2D eigenvalue weighted by molar-refractivity contribution is 7.99. The fraction of sp³-hybridized carbons (Fsp3) is 0.818. The summed E-state index contributed by atoms with van der Waals surface area (Å²) in [5, 5.41) is 4.63. The van der Waals surface area contributed by atoms with Crippen molar-refractivity contribution in [2.75, 3.05) is 11.5 Å². The molecule has 0 saturated carbocycles. The molecule has 0 spiro atoms. The molecule has 1 atom stereocenters. The Bertz CT molecular complexity index is 370. The normalized spacial score (nSPS) is 26.7. The number of aromatic nitrogens is 3. The summed E-state index contributed by atoms with van der Waals surface area (Å²) in [5.74, 6) is 5.23. The van der Waals surface area contributed by atoms with Crippen LogP contribution in [0.25, 0.3) is 0 Å². The fourth-order valence-corrected chi connectivity index (χ4v) is 3.64. The minimum absolute atomic E-state index is 0.0583. The maximum atomic E-state index is 6.05. The summed E-state index contributed by atoms with van der Waals surface area (Å²) >= 11 is 2.04. The topological polar surface area (TPSA) is 56.7 Å². The van der Waals surface area contributed by atoms with Crippen LogP contribution >= 0.6 is 11.8 Å². The van der Waals surface area contributed by atoms with E-state index in [0.717, 1.165) is 30.9 Å². The molecule has 2 aliphatic rings. The first-order valence-electron chi connectivity index (χ1n) is 6.13. The van der Waals surface area contributed by atoms with E-state index in [0.29, 0.717) is 5.92 Å². The van der Waals surface area contributed by atoms with Gasteiger partial charge in [0.2, 0.25) is 0 Å². The number of hydrogen-bond donors (Lipinski definition) is 1. The molecule has 4 nitrogen and oxygen atoms in total. The average molecular weight is 238 g/mol. The minimum Gasteiger partial charge on any atom is -0.310 e. The Morgan fingerprint density at radius 2 is 2.06 bits per heavy atom. The van der Waals surface area contributed by atoms with Crippen molar-refractivity contribution >= 4 is 11.8 Å². The van der Waals surface area contributed by atoms with Gasteiger partial charge in [-0.1, -0.05) is 0 Å². The lowest BCUT2D eigenvalue weighted by atomic mass is 10.0. The molecule has 1 aromatic heterocycles. The number of fused-ring (bicyclic) bond motifs is 1. The molecular weight excluding hydrogens is 220 g/mol. The SMILES string of the molecule is NC1CCCc2nc(C3CCSCC3)nn21. The van der Waals surface area contributed by atoms with Crippen molar-refractivity contribution in [3.63, 3.8) is 0 Å². The Kier molecular flexibility index (Phi) is 2.90. The molecule has 5 heteroatoms. The van der Waals surface area contributed by atoms with Gasteiger partial charge in [0.15, 0.2) is 5.82 Å². The van der Waals surface area contributed by atoms with E-state index in [4.69, 9.17) is 5.73 Å². The first kappa shape index (κ1) is 10.6. The van der Waals surface area contributed by atoms with Crippen LogP contribution in [0.3, 0.4) is 0 Å². The third-order valence-electron chi connectivity index (χ3n) is 3.52. The summed E-state index contributed by atoms with van der Waals surface area (Å²) in [7, 11) is 0. The Morgan fingerprint density at radius 3 is 2.81 bits per heavy atom. The highest BCUT2D eigenvalue weighted by Gasteiger charge is 2.25. The molecule has 0 radical (unpaired) electrons. The van der Waals surface area contributed by atoms with Crippen molar-refractivity contribution in [3.05, 3.63) is 11.6 Å². The predicted molar refractivity (Wildman–Crippen MR) is 65.5 cm³/mol. The number of rotatable bonds is 1. The van der Waals surface area contributed by atoms with Crippen LogP contribution in [0, 0.1) is 0 Å². The summed E-state index contributed by atoms with van der Waals surface area (Å²) in [4.78, 5) is 4.69. The third-order valence-corrected chi connectivity index (χ3v) is 4.57. The fourth-order valence-electron chi connectivity index (χ4n) is 2.53. The number of nitrogens with two attached hydrogens (primary N) is 1. The van der Waals surface area contributed by atoms with E-state index in [1.54, 1.807) is 0 Å². The van der Waals surface area contributed by atoms with E-state index in [2.05, 4.69) is 10.1 Å².